The Kier molecular flexibility index (Phi) is 1620. The molecule has 0 aliphatic heterocycles. The van der Waals surface area contributed by atoms with Crippen LogP contribution in [0.1, 0.15) is 0 Å². The van der Waals surface area contributed by atoms with Crippen molar-refractivity contribution >= 4 is 13.5 Å². The van der Waals surface area contributed by atoms with E-state index in [0.717, 1.165) is 0 Å². The third-order valence-electron chi connectivity index (χ3n) is 0. The summed E-state index contributed by atoms with van der Waals surface area (Å²) in [4.78, 5) is 0. The molecular weight excluding hydrogens is 142 g/mol. The van der Waals surface area contributed by atoms with E-state index >= 15 is 0 Å². The Labute approximate surface area is 93.3 Å². The summed E-state index contributed by atoms with van der Waals surface area (Å²) < 4.78 is 0. The maximum Gasteiger partial charge on any atom is 1.00 e. The van der Waals surface area contributed by atoms with Gasteiger partial charge in [-0.3, -0.25) is 0 Å². The molecule has 0 aliphatic rings. The van der Waals surface area contributed by atoms with Crippen molar-refractivity contribution in [2.24, 2.45) is 0 Å². The first kappa shape index (κ1) is 129. The van der Waals surface area contributed by atoms with Gasteiger partial charge in [-0.25, -0.2) is 0 Å². The van der Waals surface area contributed by atoms with Crippen molar-refractivity contribution < 1.29 is 81.0 Å². The average molecular weight is 150 g/mol. The van der Waals surface area contributed by atoms with Gasteiger partial charge in [0.2, 0.25) is 0 Å². The maximum absolute atomic E-state index is 0. The molecule has 0 aromatic heterocycles. The van der Waals surface area contributed by atoms with Crippen LogP contribution in [0.3, 0.4) is 0 Å². The van der Waals surface area contributed by atoms with E-state index in [1.165, 1.54) is 0 Å². The molecule has 0 aromatic rings. The molecular formula is H8Na2O4S. The van der Waals surface area contributed by atoms with E-state index in [9.17, 15) is 0 Å². The van der Waals surface area contributed by atoms with Crippen molar-refractivity contribution in [1.82, 2.24) is 0 Å². The molecule has 0 saturated carbocycles. The standard InChI is InChI=1S/2Na.4H2O.S/h;;4*1H2;/q2*+1;;;;;-2. The summed E-state index contributed by atoms with van der Waals surface area (Å²) in [6.45, 7) is 0. The van der Waals surface area contributed by atoms with Gasteiger partial charge in [0, 0.05) is 0 Å². The maximum atomic E-state index is 0. The summed E-state index contributed by atoms with van der Waals surface area (Å²) in [5.41, 5.74) is 0. The molecule has 7 heteroatoms. The van der Waals surface area contributed by atoms with Crippen LogP contribution in [0.15, 0.2) is 0 Å². The van der Waals surface area contributed by atoms with Crippen LogP contribution in [-0.2, 0) is 13.5 Å². The summed E-state index contributed by atoms with van der Waals surface area (Å²) in [5, 5.41) is 0. The summed E-state index contributed by atoms with van der Waals surface area (Å²) in [5.74, 6) is 0. The summed E-state index contributed by atoms with van der Waals surface area (Å²) >= 11 is 0. The van der Waals surface area contributed by atoms with Crippen LogP contribution in [0.5, 0.6) is 0 Å². The van der Waals surface area contributed by atoms with Gasteiger partial charge >= 0.3 is 59.1 Å². The molecule has 0 atom stereocenters. The van der Waals surface area contributed by atoms with Gasteiger partial charge in [0.05, 0.1) is 0 Å². The van der Waals surface area contributed by atoms with E-state index in [0.29, 0.717) is 0 Å². The number of hydrogen-bond acceptors (Lipinski definition) is 0. The van der Waals surface area contributed by atoms with E-state index in [2.05, 4.69) is 0 Å². The molecule has 0 aliphatic carbocycles. The predicted molar refractivity (Wildman–Crippen MR) is 21.8 cm³/mol. The fourth-order valence-electron chi connectivity index (χ4n) is 0. The molecule has 0 aromatic carbocycles. The smallest absolute Gasteiger partial charge is 1.00 e. The minimum absolute atomic E-state index is 0. The second-order valence-electron chi connectivity index (χ2n) is 0. The van der Waals surface area contributed by atoms with Crippen LogP contribution in [0.2, 0.25) is 0 Å². The normalized spacial score (nSPS) is 0. The van der Waals surface area contributed by atoms with Crippen LogP contribution in [0.25, 0.3) is 0 Å². The topological polar surface area (TPSA) is 126 Å². The third kappa shape index (κ3) is 65.4. The molecule has 0 amide bonds. The van der Waals surface area contributed by atoms with E-state index in [4.69, 9.17) is 0 Å². The second kappa shape index (κ2) is 88.3. The molecule has 7 heavy (non-hydrogen) atoms. The van der Waals surface area contributed by atoms with Gasteiger partial charge in [0.15, 0.2) is 0 Å². The van der Waals surface area contributed by atoms with Crippen molar-refractivity contribution in [2.45, 2.75) is 0 Å². The zero-order valence-corrected chi connectivity index (χ0v) is 9.22. The predicted octanol–water partition coefficient (Wildman–Crippen LogP) is -9.29. The van der Waals surface area contributed by atoms with Crippen LogP contribution < -0.4 is 59.1 Å². The molecule has 0 rings (SSSR count). The summed E-state index contributed by atoms with van der Waals surface area (Å²) in [6.07, 6.45) is 0. The van der Waals surface area contributed by atoms with Crippen LogP contribution in [-0.4, -0.2) is 21.9 Å². The van der Waals surface area contributed by atoms with Crippen LogP contribution in [0.4, 0.5) is 0 Å². The van der Waals surface area contributed by atoms with Crippen molar-refractivity contribution in [2.75, 3.05) is 0 Å². The van der Waals surface area contributed by atoms with E-state index in [-0.39, 0.29) is 94.5 Å². The summed E-state index contributed by atoms with van der Waals surface area (Å²) in [7, 11) is 0. The van der Waals surface area contributed by atoms with E-state index < -0.39 is 0 Å². The quantitative estimate of drug-likeness (QED) is 0.304. The van der Waals surface area contributed by atoms with Gasteiger partial charge in [-0.05, 0) is 0 Å². The molecule has 0 unspecified atom stereocenters. The molecule has 0 fully saturated rings. The van der Waals surface area contributed by atoms with E-state index in [1.807, 2.05) is 0 Å². The summed E-state index contributed by atoms with van der Waals surface area (Å²) in [6, 6.07) is 0. The van der Waals surface area contributed by atoms with Gasteiger partial charge in [-0.2, -0.15) is 0 Å². The molecule has 4 nitrogen and oxygen atoms in total. The van der Waals surface area contributed by atoms with Crippen molar-refractivity contribution in [3.05, 3.63) is 0 Å². The molecule has 0 radical (unpaired) electrons. The number of rotatable bonds is 0. The van der Waals surface area contributed by atoms with E-state index in [1.54, 1.807) is 0 Å². The molecule has 8 N–H and O–H groups in total. The Morgan fingerprint density at radius 3 is 0.429 bits per heavy atom. The van der Waals surface area contributed by atoms with Gasteiger partial charge < -0.3 is 35.4 Å². The Balaban J connectivity index is 0. The fourth-order valence-corrected chi connectivity index (χ4v) is 0. The van der Waals surface area contributed by atoms with Gasteiger partial charge in [-0.1, -0.05) is 0 Å². The first-order valence-corrected chi connectivity index (χ1v) is 0. The molecule has 0 saturated heterocycles. The average Bonchev–Trinajstić information content (AvgIpc) is 0. The van der Waals surface area contributed by atoms with Gasteiger partial charge in [-0.15, -0.1) is 0 Å². The zero-order chi connectivity index (χ0) is 0. The Hall–Kier alpha value is 2.19. The minimum atomic E-state index is 0. The molecule has 0 spiro atoms. The largest absolute Gasteiger partial charge is 2.00 e. The van der Waals surface area contributed by atoms with Crippen LogP contribution >= 0.6 is 0 Å². The monoisotopic (exact) mass is 150 g/mol. The SMILES string of the molecule is O.O.O.O.[Na+].[Na+].[S-2]. The number of hydrogen-bond donors (Lipinski definition) is 0. The van der Waals surface area contributed by atoms with Crippen molar-refractivity contribution in [1.29, 1.82) is 0 Å². The Bertz CT molecular complexity index is 9.65. The molecule has 0 heterocycles. The first-order valence-electron chi connectivity index (χ1n) is 0. The Morgan fingerprint density at radius 2 is 0.429 bits per heavy atom. The second-order valence-corrected chi connectivity index (χ2v) is 0. The van der Waals surface area contributed by atoms with Gasteiger partial charge in [0.25, 0.3) is 0 Å². The Morgan fingerprint density at radius 1 is 0.429 bits per heavy atom. The molecule has 40 valence electrons. The zero-order valence-electron chi connectivity index (χ0n) is 4.41. The van der Waals surface area contributed by atoms with Crippen molar-refractivity contribution in [3.8, 4) is 0 Å². The van der Waals surface area contributed by atoms with Crippen LogP contribution in [0, 0.1) is 0 Å². The molecule has 0 bridgehead atoms. The first-order chi connectivity index (χ1) is 0. The minimum Gasteiger partial charge on any atom is -2.00 e. The van der Waals surface area contributed by atoms with Crippen molar-refractivity contribution in [3.63, 3.8) is 0 Å². The van der Waals surface area contributed by atoms with Gasteiger partial charge in [0.1, 0.15) is 0 Å². The fraction of sp³-hybridized carbons (Fsp3) is 0. The third-order valence-corrected chi connectivity index (χ3v) is 0.